The third-order valence-electron chi connectivity index (χ3n) is 3.23. The van der Waals surface area contributed by atoms with Crippen LogP contribution < -0.4 is 21.9 Å². The van der Waals surface area contributed by atoms with Gasteiger partial charge in [0.2, 0.25) is 0 Å². The second kappa shape index (κ2) is 9.37. The summed E-state index contributed by atoms with van der Waals surface area (Å²) in [6.07, 6.45) is 6.23. The van der Waals surface area contributed by atoms with Crippen LogP contribution in [-0.2, 0) is 17.9 Å². The molecule has 2 rings (SSSR count). The van der Waals surface area contributed by atoms with Crippen LogP contribution in [0.4, 0.5) is 5.69 Å². The number of anilines is 1. The van der Waals surface area contributed by atoms with Crippen molar-refractivity contribution in [2.75, 3.05) is 25.6 Å². The van der Waals surface area contributed by atoms with E-state index in [0.29, 0.717) is 6.73 Å². The highest BCUT2D eigenvalue weighted by Crippen LogP contribution is 2.06. The third kappa shape index (κ3) is 6.15. The molecule has 114 valence electrons. The highest BCUT2D eigenvalue weighted by molar-refractivity contribution is 5.41. The summed E-state index contributed by atoms with van der Waals surface area (Å²) in [5.74, 6) is 0. The fourth-order valence-electron chi connectivity index (χ4n) is 2.03. The molecular weight excluding hydrogens is 284 g/mol. The topological polar surface area (TPSA) is 16.4 Å². The molecule has 0 unspecified atom stereocenters. The van der Waals surface area contributed by atoms with E-state index in [9.17, 15) is 0 Å². The molecule has 1 heterocycles. The summed E-state index contributed by atoms with van der Waals surface area (Å²) in [5, 5.41) is 0. The fraction of sp³-hybridized carbons (Fsp3) is 0.353. The van der Waals surface area contributed by atoms with Gasteiger partial charge in [0.1, 0.15) is 0 Å². The van der Waals surface area contributed by atoms with E-state index >= 15 is 0 Å². The summed E-state index contributed by atoms with van der Waals surface area (Å²) < 4.78 is 7.74. The molecule has 0 N–H and O–H groups in total. The number of ether oxygens (including phenoxy) is 1. The minimum atomic E-state index is 0. The standard InChI is InChI=1S/C17H23N2O.ClH/c1-18(2)17-10-12-19(13-11-17)15-20-14-6-9-16-7-4-3-5-8-16;/h3-5,7-8,10-13H,6,9,14-15H2,1-2H3;1H/q+1;/p-1. The summed E-state index contributed by atoms with van der Waals surface area (Å²) in [4.78, 5) is 2.09. The molecule has 0 bridgehead atoms. The lowest BCUT2D eigenvalue weighted by Crippen LogP contribution is -3.00. The maximum Gasteiger partial charge on any atom is 0.252 e. The van der Waals surface area contributed by atoms with Crippen LogP contribution in [0.3, 0.4) is 0 Å². The number of rotatable bonds is 7. The Balaban J connectivity index is 0.00000220. The molecule has 0 aliphatic heterocycles. The summed E-state index contributed by atoms with van der Waals surface area (Å²) >= 11 is 0. The molecular formula is C17H23ClN2O. The second-order valence-electron chi connectivity index (χ2n) is 5.09. The summed E-state index contributed by atoms with van der Waals surface area (Å²) in [6, 6.07) is 14.7. The van der Waals surface area contributed by atoms with Crippen molar-refractivity contribution < 1.29 is 21.7 Å². The van der Waals surface area contributed by atoms with E-state index in [0.717, 1.165) is 19.4 Å². The maximum absolute atomic E-state index is 5.69. The van der Waals surface area contributed by atoms with Gasteiger partial charge in [-0.05, 0) is 18.4 Å². The highest BCUT2D eigenvalue weighted by atomic mass is 35.5. The molecule has 2 aromatic rings. The minimum Gasteiger partial charge on any atom is -1.00 e. The van der Waals surface area contributed by atoms with Crippen molar-refractivity contribution in [3.8, 4) is 0 Å². The van der Waals surface area contributed by atoms with Crippen molar-refractivity contribution in [2.45, 2.75) is 19.6 Å². The monoisotopic (exact) mass is 306 g/mol. The van der Waals surface area contributed by atoms with E-state index in [1.165, 1.54) is 11.3 Å². The molecule has 0 amide bonds. The molecule has 0 atom stereocenters. The third-order valence-corrected chi connectivity index (χ3v) is 3.23. The van der Waals surface area contributed by atoms with Gasteiger partial charge in [-0.25, -0.2) is 0 Å². The number of nitrogens with zero attached hydrogens (tertiary/aromatic N) is 2. The Labute approximate surface area is 133 Å². The van der Waals surface area contributed by atoms with Crippen molar-refractivity contribution >= 4 is 5.69 Å². The summed E-state index contributed by atoms with van der Waals surface area (Å²) in [7, 11) is 4.08. The van der Waals surface area contributed by atoms with Gasteiger partial charge in [0, 0.05) is 31.9 Å². The van der Waals surface area contributed by atoms with Crippen LogP contribution in [0.5, 0.6) is 0 Å². The molecule has 1 aromatic carbocycles. The Morgan fingerprint density at radius 2 is 1.67 bits per heavy atom. The largest absolute Gasteiger partial charge is 1.00 e. The zero-order valence-electron chi connectivity index (χ0n) is 12.7. The van der Waals surface area contributed by atoms with E-state index in [2.05, 4.69) is 45.9 Å². The van der Waals surface area contributed by atoms with Crippen molar-refractivity contribution in [3.05, 3.63) is 60.4 Å². The van der Waals surface area contributed by atoms with E-state index in [-0.39, 0.29) is 12.4 Å². The Hall–Kier alpha value is -1.58. The molecule has 0 aliphatic rings. The number of pyridine rings is 1. The molecule has 0 saturated carbocycles. The van der Waals surface area contributed by atoms with Crippen molar-refractivity contribution in [1.29, 1.82) is 0 Å². The van der Waals surface area contributed by atoms with Crippen LogP contribution >= 0.6 is 0 Å². The zero-order chi connectivity index (χ0) is 14.2. The van der Waals surface area contributed by atoms with Gasteiger partial charge in [-0.15, -0.1) is 0 Å². The first-order chi connectivity index (χ1) is 9.75. The Morgan fingerprint density at radius 3 is 2.29 bits per heavy atom. The average Bonchev–Trinajstić information content (AvgIpc) is 2.48. The van der Waals surface area contributed by atoms with E-state index in [1.54, 1.807) is 0 Å². The minimum absolute atomic E-state index is 0. The van der Waals surface area contributed by atoms with Gasteiger partial charge >= 0.3 is 0 Å². The van der Waals surface area contributed by atoms with Crippen molar-refractivity contribution in [1.82, 2.24) is 0 Å². The first-order valence-electron chi connectivity index (χ1n) is 7.04. The summed E-state index contributed by atoms with van der Waals surface area (Å²) in [5.41, 5.74) is 2.57. The fourth-order valence-corrected chi connectivity index (χ4v) is 2.03. The SMILES string of the molecule is CN(C)c1cc[n+](COCCCc2ccccc2)cc1.[Cl-]. The average molecular weight is 307 g/mol. The number of aryl methyl sites for hydroxylation is 1. The number of benzene rings is 1. The van der Waals surface area contributed by atoms with Gasteiger partial charge in [0.25, 0.3) is 6.73 Å². The van der Waals surface area contributed by atoms with Gasteiger partial charge in [0.05, 0.1) is 6.61 Å². The van der Waals surface area contributed by atoms with E-state index in [1.807, 2.05) is 32.6 Å². The van der Waals surface area contributed by atoms with Gasteiger partial charge in [-0.3, -0.25) is 0 Å². The van der Waals surface area contributed by atoms with Crippen molar-refractivity contribution in [3.63, 3.8) is 0 Å². The quantitative estimate of drug-likeness (QED) is 0.514. The number of aromatic nitrogens is 1. The molecule has 1 aromatic heterocycles. The Kier molecular flexibility index (Phi) is 7.80. The maximum atomic E-state index is 5.69. The van der Waals surface area contributed by atoms with Gasteiger partial charge in [-0.1, -0.05) is 30.3 Å². The Morgan fingerprint density at radius 1 is 1.00 bits per heavy atom. The van der Waals surface area contributed by atoms with Gasteiger partial charge < -0.3 is 22.0 Å². The number of hydrogen-bond donors (Lipinski definition) is 0. The zero-order valence-corrected chi connectivity index (χ0v) is 13.5. The van der Waals surface area contributed by atoms with E-state index < -0.39 is 0 Å². The lowest BCUT2D eigenvalue weighted by atomic mass is 10.1. The predicted octanol–water partition coefficient (Wildman–Crippen LogP) is -0.349. The normalized spacial score (nSPS) is 10.0. The molecule has 21 heavy (non-hydrogen) atoms. The first-order valence-corrected chi connectivity index (χ1v) is 7.04. The van der Waals surface area contributed by atoms with Crippen LogP contribution in [0.2, 0.25) is 0 Å². The van der Waals surface area contributed by atoms with Crippen molar-refractivity contribution in [2.24, 2.45) is 0 Å². The smallest absolute Gasteiger partial charge is 0.252 e. The molecule has 0 spiro atoms. The van der Waals surface area contributed by atoms with Crippen LogP contribution in [-0.4, -0.2) is 20.7 Å². The van der Waals surface area contributed by atoms with Crippen LogP contribution in [0.1, 0.15) is 12.0 Å². The highest BCUT2D eigenvalue weighted by Gasteiger charge is 2.02. The molecule has 0 saturated heterocycles. The molecule has 0 aliphatic carbocycles. The molecule has 4 heteroatoms. The lowest BCUT2D eigenvalue weighted by molar-refractivity contribution is -0.732. The van der Waals surface area contributed by atoms with E-state index in [4.69, 9.17) is 4.74 Å². The molecule has 3 nitrogen and oxygen atoms in total. The van der Waals surface area contributed by atoms with Crippen LogP contribution in [0, 0.1) is 0 Å². The predicted molar refractivity (Wildman–Crippen MR) is 81.7 cm³/mol. The van der Waals surface area contributed by atoms with Crippen LogP contribution in [0.15, 0.2) is 54.9 Å². The number of hydrogen-bond acceptors (Lipinski definition) is 2. The first kappa shape index (κ1) is 17.5. The van der Waals surface area contributed by atoms with Gasteiger partial charge in [0.15, 0.2) is 12.4 Å². The van der Waals surface area contributed by atoms with Crippen LogP contribution in [0.25, 0.3) is 0 Å². The summed E-state index contributed by atoms with van der Waals surface area (Å²) in [6.45, 7) is 1.40. The number of halogens is 1. The molecule has 0 fully saturated rings. The second-order valence-corrected chi connectivity index (χ2v) is 5.09. The lowest BCUT2D eigenvalue weighted by Gasteiger charge is -2.10. The molecule has 0 radical (unpaired) electrons. The Bertz CT molecular complexity index is 500. The van der Waals surface area contributed by atoms with Gasteiger partial charge in [-0.2, -0.15) is 4.57 Å².